The van der Waals surface area contributed by atoms with E-state index in [2.05, 4.69) is 15.7 Å². The van der Waals surface area contributed by atoms with Crippen LogP contribution >= 0.6 is 0 Å². The molecular formula is C24H26F3N5O3. The maximum atomic E-state index is 13.4. The first kappa shape index (κ1) is 24.5. The van der Waals surface area contributed by atoms with Crippen LogP contribution in [0.15, 0.2) is 48.7 Å². The summed E-state index contributed by atoms with van der Waals surface area (Å²) in [6, 6.07) is 10.9. The van der Waals surface area contributed by atoms with Crippen LogP contribution in [-0.4, -0.2) is 46.5 Å². The number of nitrogens with one attached hydrogen (secondary N) is 2. The van der Waals surface area contributed by atoms with Crippen molar-refractivity contribution in [1.82, 2.24) is 20.7 Å². The number of rotatable bonds is 6. The van der Waals surface area contributed by atoms with Crippen molar-refractivity contribution in [2.45, 2.75) is 44.3 Å². The molecular weight excluding hydrogens is 463 g/mol. The number of alkyl halides is 3. The van der Waals surface area contributed by atoms with Crippen LogP contribution in [0.2, 0.25) is 0 Å². The van der Waals surface area contributed by atoms with Crippen LogP contribution in [0.3, 0.4) is 0 Å². The van der Waals surface area contributed by atoms with Crippen LogP contribution in [0.4, 0.5) is 23.8 Å². The molecule has 0 radical (unpaired) electrons. The van der Waals surface area contributed by atoms with E-state index >= 15 is 0 Å². The number of urea groups is 1. The number of imide groups is 1. The van der Waals surface area contributed by atoms with Crippen LogP contribution in [0.25, 0.3) is 0 Å². The number of carbonyl (C=O) groups is 3. The number of benzene rings is 1. The molecule has 0 aliphatic carbocycles. The SMILES string of the molecule is CC1(CCc2ccccc2)NC(=O)N(NC(=O)C2CCCN(c3ncccc3C(F)(F)F)C2)C1=O. The number of piperidine rings is 1. The first-order chi connectivity index (χ1) is 16.6. The average molecular weight is 489 g/mol. The van der Waals surface area contributed by atoms with Gasteiger partial charge in [0.1, 0.15) is 11.4 Å². The van der Waals surface area contributed by atoms with Crippen molar-refractivity contribution >= 4 is 23.7 Å². The zero-order valence-corrected chi connectivity index (χ0v) is 19.1. The van der Waals surface area contributed by atoms with Gasteiger partial charge in [0.15, 0.2) is 0 Å². The quantitative estimate of drug-likeness (QED) is 0.608. The zero-order valence-electron chi connectivity index (χ0n) is 19.1. The number of halogens is 3. The van der Waals surface area contributed by atoms with Gasteiger partial charge in [-0.2, -0.15) is 18.2 Å². The van der Waals surface area contributed by atoms with E-state index in [1.54, 1.807) is 6.92 Å². The van der Waals surface area contributed by atoms with Crippen LogP contribution < -0.4 is 15.6 Å². The third-order valence-electron chi connectivity index (χ3n) is 6.42. The molecule has 1 aromatic carbocycles. The summed E-state index contributed by atoms with van der Waals surface area (Å²) in [5, 5.41) is 3.32. The lowest BCUT2D eigenvalue weighted by Gasteiger charge is -2.34. The molecule has 11 heteroatoms. The van der Waals surface area contributed by atoms with Crippen molar-refractivity contribution in [3.05, 3.63) is 59.8 Å². The minimum Gasteiger partial charge on any atom is -0.355 e. The topological polar surface area (TPSA) is 94.6 Å². The van der Waals surface area contributed by atoms with Gasteiger partial charge in [0, 0.05) is 19.3 Å². The smallest absolute Gasteiger partial charge is 0.355 e. The number of aromatic nitrogens is 1. The molecule has 0 bridgehead atoms. The van der Waals surface area contributed by atoms with E-state index in [1.807, 2.05) is 30.3 Å². The Labute approximate surface area is 200 Å². The van der Waals surface area contributed by atoms with E-state index in [1.165, 1.54) is 17.2 Å². The zero-order chi connectivity index (χ0) is 25.2. The van der Waals surface area contributed by atoms with Gasteiger partial charge < -0.3 is 10.2 Å². The maximum Gasteiger partial charge on any atom is 0.419 e. The van der Waals surface area contributed by atoms with Gasteiger partial charge in [-0.05, 0) is 50.3 Å². The molecule has 4 rings (SSSR count). The molecule has 8 nitrogen and oxygen atoms in total. The normalized spacial score (nSPS) is 22.8. The summed E-state index contributed by atoms with van der Waals surface area (Å²) in [5.41, 5.74) is 1.33. The van der Waals surface area contributed by atoms with Gasteiger partial charge in [-0.1, -0.05) is 30.3 Å². The molecule has 2 unspecified atom stereocenters. The molecule has 2 aliphatic rings. The van der Waals surface area contributed by atoms with Gasteiger partial charge in [0.25, 0.3) is 5.91 Å². The molecule has 0 saturated carbocycles. The highest BCUT2D eigenvalue weighted by atomic mass is 19.4. The Bertz CT molecular complexity index is 1110. The van der Waals surface area contributed by atoms with E-state index in [0.29, 0.717) is 37.2 Å². The van der Waals surface area contributed by atoms with Crippen LogP contribution in [-0.2, 0) is 22.2 Å². The predicted molar refractivity (Wildman–Crippen MR) is 121 cm³/mol. The number of pyridine rings is 1. The van der Waals surface area contributed by atoms with Crippen molar-refractivity contribution in [2.75, 3.05) is 18.0 Å². The first-order valence-electron chi connectivity index (χ1n) is 11.4. The summed E-state index contributed by atoms with van der Waals surface area (Å²) >= 11 is 0. The predicted octanol–water partition coefficient (Wildman–Crippen LogP) is 3.29. The number of aryl methyl sites for hydroxylation is 1. The minimum atomic E-state index is -4.58. The molecule has 2 N–H and O–H groups in total. The number of nitrogens with zero attached hydrogens (tertiary/aromatic N) is 3. The van der Waals surface area contributed by atoms with Gasteiger partial charge in [0.05, 0.1) is 11.5 Å². The van der Waals surface area contributed by atoms with E-state index in [9.17, 15) is 27.6 Å². The molecule has 2 atom stereocenters. The summed E-state index contributed by atoms with van der Waals surface area (Å²) in [7, 11) is 0. The summed E-state index contributed by atoms with van der Waals surface area (Å²) in [6.45, 7) is 1.90. The number of hydrogen-bond donors (Lipinski definition) is 2. The van der Waals surface area contributed by atoms with E-state index < -0.39 is 41.0 Å². The summed E-state index contributed by atoms with van der Waals surface area (Å²) < 4.78 is 40.3. The van der Waals surface area contributed by atoms with Gasteiger partial charge >= 0.3 is 12.2 Å². The number of anilines is 1. The molecule has 2 fully saturated rings. The van der Waals surface area contributed by atoms with Crippen molar-refractivity contribution in [1.29, 1.82) is 0 Å². The minimum absolute atomic E-state index is 0.0130. The fourth-order valence-electron chi connectivity index (χ4n) is 4.45. The largest absolute Gasteiger partial charge is 0.419 e. The third kappa shape index (κ3) is 5.23. The highest BCUT2D eigenvalue weighted by Crippen LogP contribution is 2.36. The van der Waals surface area contributed by atoms with Crippen LogP contribution in [0.1, 0.15) is 37.3 Å². The monoisotopic (exact) mass is 489 g/mol. The Morgan fingerprint density at radius 1 is 1.20 bits per heavy atom. The number of hydrazine groups is 1. The molecule has 2 aliphatic heterocycles. The molecule has 3 heterocycles. The Kier molecular flexibility index (Phi) is 6.68. The van der Waals surface area contributed by atoms with E-state index in [0.717, 1.165) is 11.6 Å². The third-order valence-corrected chi connectivity index (χ3v) is 6.42. The standard InChI is InChI=1S/C24H26F3N5O3/c1-23(12-11-16-7-3-2-4-8-16)21(34)32(22(35)29-23)30-20(33)17-9-6-14-31(15-17)19-18(24(25,26)27)10-5-13-28-19/h2-5,7-8,10,13,17H,6,9,11-12,14-15H2,1H3,(H,29,35)(H,30,33). The molecule has 2 saturated heterocycles. The fraction of sp³-hybridized carbons (Fsp3) is 0.417. The highest BCUT2D eigenvalue weighted by Gasteiger charge is 2.49. The van der Waals surface area contributed by atoms with Crippen molar-refractivity contribution in [2.24, 2.45) is 5.92 Å². The number of amides is 4. The van der Waals surface area contributed by atoms with Gasteiger partial charge in [0.2, 0.25) is 5.91 Å². The summed E-state index contributed by atoms with van der Waals surface area (Å²) in [4.78, 5) is 43.8. The molecule has 1 aromatic heterocycles. The second-order valence-corrected chi connectivity index (χ2v) is 9.02. The van der Waals surface area contributed by atoms with Crippen molar-refractivity contribution in [3.63, 3.8) is 0 Å². The van der Waals surface area contributed by atoms with E-state index in [4.69, 9.17) is 0 Å². The maximum absolute atomic E-state index is 13.4. The molecule has 2 aromatic rings. The van der Waals surface area contributed by atoms with Gasteiger partial charge in [-0.3, -0.25) is 15.0 Å². The molecule has 35 heavy (non-hydrogen) atoms. The average Bonchev–Trinajstić information content (AvgIpc) is 3.06. The van der Waals surface area contributed by atoms with Gasteiger partial charge in [-0.15, -0.1) is 0 Å². The Hall–Kier alpha value is -3.63. The summed E-state index contributed by atoms with van der Waals surface area (Å²) in [5.74, 6) is -2.14. The van der Waals surface area contributed by atoms with Crippen molar-refractivity contribution in [3.8, 4) is 0 Å². The lowest BCUT2D eigenvalue weighted by Crippen LogP contribution is -2.52. The lowest BCUT2D eigenvalue weighted by atomic mass is 9.93. The van der Waals surface area contributed by atoms with Crippen LogP contribution in [0.5, 0.6) is 0 Å². The fourth-order valence-corrected chi connectivity index (χ4v) is 4.45. The molecule has 186 valence electrons. The number of carbonyl (C=O) groups excluding carboxylic acids is 3. The van der Waals surface area contributed by atoms with E-state index in [-0.39, 0.29) is 12.4 Å². The second kappa shape index (κ2) is 9.55. The molecule has 4 amide bonds. The highest BCUT2D eigenvalue weighted by molar-refractivity contribution is 6.07. The van der Waals surface area contributed by atoms with Gasteiger partial charge in [-0.25, -0.2) is 9.78 Å². The Morgan fingerprint density at radius 2 is 1.94 bits per heavy atom. The number of hydrogen-bond acceptors (Lipinski definition) is 5. The Balaban J connectivity index is 1.41. The lowest BCUT2D eigenvalue weighted by molar-refractivity contribution is -0.140. The first-order valence-corrected chi connectivity index (χ1v) is 11.4. The summed E-state index contributed by atoms with van der Waals surface area (Å²) in [6.07, 6.45) is -1.55. The van der Waals surface area contributed by atoms with Crippen molar-refractivity contribution < 1.29 is 27.6 Å². The molecule has 0 spiro atoms. The van der Waals surface area contributed by atoms with Crippen LogP contribution in [0, 0.1) is 5.92 Å². The Morgan fingerprint density at radius 3 is 2.66 bits per heavy atom. The second-order valence-electron chi connectivity index (χ2n) is 9.02.